The number of hydrogen-bond donors (Lipinski definition) is 1. The minimum atomic E-state index is 0. The van der Waals surface area contributed by atoms with Crippen LogP contribution < -0.4 is 10.6 Å². The van der Waals surface area contributed by atoms with Gasteiger partial charge in [0.15, 0.2) is 0 Å². The first-order valence-corrected chi connectivity index (χ1v) is 38.9. The Bertz CT molecular complexity index is 7780. The van der Waals surface area contributed by atoms with Gasteiger partial charge in [-0.05, 0) is 187 Å². The zero-order chi connectivity index (χ0) is 74.8. The molecule has 0 atom stereocenters. The molecule has 0 unspecified atom stereocenters. The zero-order valence-electron chi connectivity index (χ0n) is 60.9. The van der Waals surface area contributed by atoms with E-state index in [1.165, 1.54) is 97.3 Å². The van der Waals surface area contributed by atoms with Gasteiger partial charge in [-0.3, -0.25) is 0 Å². The molecule has 0 bridgehead atoms. The quantitative estimate of drug-likeness (QED) is 0.104. The van der Waals surface area contributed by atoms with Gasteiger partial charge in [0.25, 0.3) is 0 Å². The fourth-order valence-electron chi connectivity index (χ4n) is 16.2. The number of benzene rings is 19. The number of nitrogen functional groups attached to an aromatic ring is 1. The number of anilines is 4. The van der Waals surface area contributed by atoms with Crippen LogP contribution in [0.25, 0.3) is 174 Å². The maximum Gasteiger partial charge on any atom is 0.137 e. The van der Waals surface area contributed by atoms with Crippen LogP contribution in [0.1, 0.15) is 34.8 Å². The topological polar surface area (TPSA) is 95.0 Å². The van der Waals surface area contributed by atoms with E-state index in [0.717, 1.165) is 126 Å². The summed E-state index contributed by atoms with van der Waals surface area (Å²) >= 11 is 6.89. The summed E-state index contributed by atoms with van der Waals surface area (Å²) in [5.74, 6) is 0. The van der Waals surface area contributed by atoms with Crippen LogP contribution in [0.2, 0.25) is 0 Å². The molecule has 0 aliphatic heterocycles. The SMILES string of the molecule is Brc1ccc2c(c1)oc1ccccc12.Brc1ccc2oc3ccccc3c2c1.C.C.C.Nc1cc2ccccc2c2ccccc12.[2HH].[B].c1ccc2c(c1)cc(Cc1ccc3c(c1)oc1ccccc13)c1ccccc12.c1ccc2c(c1)cc(N(c1ccc3c(c1)oc1ccccc13)c1ccc3oc4ccccc4c3c1)c1ccccc12. The highest BCUT2D eigenvalue weighted by Gasteiger charge is 2.22. The third-order valence-electron chi connectivity index (χ3n) is 21.4. The summed E-state index contributed by atoms with van der Waals surface area (Å²) in [4.78, 5) is 2.35. The molecule has 24 aromatic rings. The lowest BCUT2D eigenvalue weighted by Crippen LogP contribution is -2.10. The van der Waals surface area contributed by atoms with Crippen molar-refractivity contribution in [1.29, 1.82) is 0 Å². The summed E-state index contributed by atoms with van der Waals surface area (Å²) in [6.07, 6.45) is 0.887. The molecular formula is C106H80BBr2N2O5. The molecule has 5 heterocycles. The van der Waals surface area contributed by atoms with Crippen molar-refractivity contribution in [2.75, 3.05) is 10.6 Å². The first-order chi connectivity index (χ1) is 55.2. The molecule has 0 fully saturated rings. The van der Waals surface area contributed by atoms with E-state index in [1.807, 2.05) is 121 Å². The average Bonchev–Trinajstić information content (AvgIpc) is 1.71. The summed E-state index contributed by atoms with van der Waals surface area (Å²) < 4.78 is 32.1. The Morgan fingerprint density at radius 1 is 0.233 bits per heavy atom. The number of para-hydroxylation sites is 5. The smallest absolute Gasteiger partial charge is 0.137 e. The molecule has 0 saturated heterocycles. The van der Waals surface area contributed by atoms with Crippen molar-refractivity contribution < 1.29 is 23.5 Å². The van der Waals surface area contributed by atoms with Crippen LogP contribution in [0.15, 0.2) is 407 Å². The first-order valence-electron chi connectivity index (χ1n) is 37.4. The number of furan rings is 5. The van der Waals surface area contributed by atoms with Crippen molar-refractivity contribution in [3.63, 3.8) is 0 Å². The predicted molar refractivity (Wildman–Crippen MR) is 505 cm³/mol. The van der Waals surface area contributed by atoms with Gasteiger partial charge in [0.2, 0.25) is 0 Å². The van der Waals surface area contributed by atoms with Crippen LogP contribution in [0.5, 0.6) is 0 Å². The molecule has 116 heavy (non-hydrogen) atoms. The van der Waals surface area contributed by atoms with Crippen molar-refractivity contribution in [3.05, 3.63) is 396 Å². The van der Waals surface area contributed by atoms with Gasteiger partial charge >= 0.3 is 0 Å². The molecule has 561 valence electrons. The molecule has 19 aromatic carbocycles. The van der Waals surface area contributed by atoms with E-state index in [4.69, 9.17) is 27.8 Å². The largest absolute Gasteiger partial charge is 0.456 e. The molecule has 10 heteroatoms. The van der Waals surface area contributed by atoms with Crippen molar-refractivity contribution in [2.45, 2.75) is 28.7 Å². The standard InChI is InChI=1S/C38H23NO2.C27H18O.C14H11N.2C12H7BrO.3CH4.B.H2/c1-2-10-27-24(9-1)21-34(29-12-4-3-11-28(27)29)39(25-18-20-37-33(22-25)31-14-6-8-16-36(31)40-37)26-17-19-32-30-13-5-7-15-35(30)41-38(32)23-26;1-2-8-21-19(7-1)17-20(22-9-3-4-10-23(21)22)15-18-13-14-25-24-11-5-6-12-26(24)28-27(25)16-18;15-14-9-10-5-1-2-6-11(10)12-7-3-4-8-13(12)14;13-8-5-6-12-10(7-8)9-3-1-2-4-11(9)14-12;13-8-5-6-10-9-3-1-2-4-11(9)14-12(10)7-8;;;;;/h1-23H;1-14,16-17H,15H2;1-9H,15H2;2*1-7H;3*1H4;;1H/i;;;;;;;;;1+1. The lowest BCUT2D eigenvalue weighted by molar-refractivity contribution is 0.668. The molecule has 7 nitrogen and oxygen atoms in total. The van der Waals surface area contributed by atoms with Crippen LogP contribution in [-0.2, 0) is 6.42 Å². The summed E-state index contributed by atoms with van der Waals surface area (Å²) in [7, 11) is 0. The Kier molecular flexibility index (Phi) is 21.4. The molecule has 2 N–H and O–H groups in total. The Hall–Kier alpha value is -13.6. The van der Waals surface area contributed by atoms with E-state index in [0.29, 0.717) is 0 Å². The molecule has 0 amide bonds. The van der Waals surface area contributed by atoms with Gasteiger partial charge in [0, 0.05) is 107 Å². The van der Waals surface area contributed by atoms with E-state index in [2.05, 4.69) is 292 Å². The lowest BCUT2D eigenvalue weighted by atomic mass is 9.93. The van der Waals surface area contributed by atoms with Crippen molar-refractivity contribution in [2.24, 2.45) is 0 Å². The van der Waals surface area contributed by atoms with Crippen LogP contribution in [0, 0.1) is 0 Å². The van der Waals surface area contributed by atoms with Crippen molar-refractivity contribution in [3.8, 4) is 0 Å². The van der Waals surface area contributed by atoms with E-state index in [-0.39, 0.29) is 32.1 Å². The molecule has 24 rings (SSSR count). The Labute approximate surface area is 691 Å². The van der Waals surface area contributed by atoms with Gasteiger partial charge in [-0.15, -0.1) is 0 Å². The van der Waals surface area contributed by atoms with E-state index in [9.17, 15) is 0 Å². The van der Waals surface area contributed by atoms with E-state index >= 15 is 0 Å². The maximum absolute atomic E-state index is 6.35. The Morgan fingerprint density at radius 2 is 0.543 bits per heavy atom. The van der Waals surface area contributed by atoms with Gasteiger partial charge in [-0.25, -0.2) is 0 Å². The molecule has 0 saturated carbocycles. The van der Waals surface area contributed by atoms with E-state index in [1.54, 1.807) is 0 Å². The molecule has 0 aliphatic carbocycles. The minimum absolute atomic E-state index is 0. The Balaban J connectivity index is 0.000000122. The molecule has 0 aliphatic rings. The predicted octanol–water partition coefficient (Wildman–Crippen LogP) is 32.8. The maximum atomic E-state index is 6.35. The van der Waals surface area contributed by atoms with Crippen molar-refractivity contribution >= 4 is 237 Å². The third-order valence-corrected chi connectivity index (χ3v) is 22.4. The fraction of sp³-hybridized carbons (Fsp3) is 0.0377. The third kappa shape index (κ3) is 14.2. The summed E-state index contributed by atoms with van der Waals surface area (Å²) in [5, 5.41) is 26.4. The second kappa shape index (κ2) is 32.5. The summed E-state index contributed by atoms with van der Waals surface area (Å²) in [5.41, 5.74) is 21.9. The van der Waals surface area contributed by atoms with Crippen LogP contribution in [0.4, 0.5) is 22.7 Å². The van der Waals surface area contributed by atoms with Gasteiger partial charge < -0.3 is 32.7 Å². The van der Waals surface area contributed by atoms with Crippen LogP contribution in [-0.4, -0.2) is 8.41 Å². The molecule has 3 radical (unpaired) electrons. The number of rotatable bonds is 5. The van der Waals surface area contributed by atoms with Crippen molar-refractivity contribution in [1.82, 2.24) is 0 Å². The summed E-state index contributed by atoms with van der Waals surface area (Å²) in [6, 6.07) is 131. The number of fused-ring (bicyclic) bond motifs is 24. The van der Waals surface area contributed by atoms with Gasteiger partial charge in [0.05, 0.1) is 5.69 Å². The number of hydrogen-bond acceptors (Lipinski definition) is 7. The van der Waals surface area contributed by atoms with Gasteiger partial charge in [0.1, 0.15) is 55.8 Å². The minimum Gasteiger partial charge on any atom is -0.456 e. The first kappa shape index (κ1) is 76.4. The second-order valence-corrected chi connectivity index (χ2v) is 30.0. The molecular weight excluding hydrogens is 1550 g/mol. The molecule has 5 aromatic heterocycles. The average molecular weight is 1630 g/mol. The fourth-order valence-corrected chi connectivity index (χ4v) is 16.9. The monoisotopic (exact) mass is 1630 g/mol. The lowest BCUT2D eigenvalue weighted by Gasteiger charge is -2.27. The number of halogens is 2. The highest BCUT2D eigenvalue weighted by atomic mass is 79.9. The highest BCUT2D eigenvalue weighted by Crippen LogP contribution is 2.46. The van der Waals surface area contributed by atoms with Crippen LogP contribution in [0.3, 0.4) is 0 Å². The van der Waals surface area contributed by atoms with Crippen LogP contribution >= 0.6 is 31.9 Å². The normalized spacial score (nSPS) is 11.2. The summed E-state index contributed by atoms with van der Waals surface area (Å²) in [6.45, 7) is 0. The van der Waals surface area contributed by atoms with Gasteiger partial charge in [-0.1, -0.05) is 309 Å². The second-order valence-electron chi connectivity index (χ2n) is 28.2. The number of nitrogens with two attached hydrogens (primary N) is 1. The number of nitrogens with zero attached hydrogens (tertiary/aromatic N) is 1. The zero-order valence-corrected chi connectivity index (χ0v) is 64.1. The Morgan fingerprint density at radius 3 is 1.07 bits per heavy atom. The van der Waals surface area contributed by atoms with E-state index < -0.39 is 0 Å². The molecule has 0 spiro atoms. The highest BCUT2D eigenvalue weighted by molar-refractivity contribution is 9.10. The van der Waals surface area contributed by atoms with Gasteiger partial charge in [-0.2, -0.15) is 0 Å².